The summed E-state index contributed by atoms with van der Waals surface area (Å²) in [5.74, 6) is 1.04. The monoisotopic (exact) mass is 534 g/mol. The molecule has 3 rings (SSSR count). The van der Waals surface area contributed by atoms with Crippen molar-refractivity contribution in [3.05, 3.63) is 65.7 Å². The Morgan fingerprint density at radius 2 is 1.77 bits per heavy atom. The quantitative estimate of drug-likeness (QED) is 0.300. The Morgan fingerprint density at radius 3 is 2.51 bits per heavy atom. The van der Waals surface area contributed by atoms with Gasteiger partial charge in [-0.2, -0.15) is 0 Å². The molecule has 0 aliphatic carbocycles. The molecule has 0 atom stereocenters. The molecule has 7 nitrogen and oxygen atoms in total. The Kier molecular flexibility index (Phi) is 12.9. The van der Waals surface area contributed by atoms with Crippen LogP contribution in [-0.4, -0.2) is 79.6 Å². The van der Waals surface area contributed by atoms with Crippen LogP contribution in [0.2, 0.25) is 0 Å². The van der Waals surface area contributed by atoms with Gasteiger partial charge in [-0.3, -0.25) is 9.69 Å². The molecule has 0 saturated carbocycles. The molecule has 0 radical (unpaired) electrons. The number of rotatable bonds is 14. The van der Waals surface area contributed by atoms with Gasteiger partial charge in [0.2, 0.25) is 5.91 Å². The molecular formula is C32H46N4O3. The number of carbonyl (C=O) groups is 2. The summed E-state index contributed by atoms with van der Waals surface area (Å²) in [6, 6.07) is 15.7. The average Bonchev–Trinajstić information content (AvgIpc) is 2.95. The van der Waals surface area contributed by atoms with Crippen LogP contribution in [0, 0.1) is 6.92 Å². The minimum Gasteiger partial charge on any atom is -0.496 e. The highest BCUT2D eigenvalue weighted by Crippen LogP contribution is 2.19. The summed E-state index contributed by atoms with van der Waals surface area (Å²) in [4.78, 5) is 32.0. The van der Waals surface area contributed by atoms with E-state index in [9.17, 15) is 9.59 Å². The summed E-state index contributed by atoms with van der Waals surface area (Å²) >= 11 is 0. The first-order valence-electron chi connectivity index (χ1n) is 14.4. The Labute approximate surface area is 234 Å². The van der Waals surface area contributed by atoms with Gasteiger partial charge in [-0.15, -0.1) is 0 Å². The van der Waals surface area contributed by atoms with Gasteiger partial charge >= 0.3 is 6.03 Å². The van der Waals surface area contributed by atoms with Crippen molar-refractivity contribution < 1.29 is 14.3 Å². The second-order valence-electron chi connectivity index (χ2n) is 10.3. The maximum atomic E-state index is 13.1. The van der Waals surface area contributed by atoms with E-state index in [0.717, 1.165) is 55.0 Å². The number of hydrogen-bond donors (Lipinski definition) is 1. The third kappa shape index (κ3) is 10.4. The van der Waals surface area contributed by atoms with Crippen LogP contribution < -0.4 is 10.1 Å². The first-order valence-corrected chi connectivity index (χ1v) is 14.4. The van der Waals surface area contributed by atoms with Crippen LogP contribution in [0.5, 0.6) is 5.75 Å². The zero-order chi connectivity index (χ0) is 27.9. The lowest BCUT2D eigenvalue weighted by atomic mass is 10.1. The molecule has 212 valence electrons. The molecule has 2 aromatic rings. The lowest BCUT2D eigenvalue weighted by molar-refractivity contribution is -0.131. The largest absolute Gasteiger partial charge is 0.496 e. The number of carbonyl (C=O) groups excluding carboxylic acids is 2. The summed E-state index contributed by atoms with van der Waals surface area (Å²) in [6.45, 7) is 9.24. The van der Waals surface area contributed by atoms with Crippen molar-refractivity contribution in [3.8, 4) is 5.75 Å². The number of ether oxygens (including phenoxy) is 1. The molecule has 2 aromatic carbocycles. The van der Waals surface area contributed by atoms with Gasteiger partial charge < -0.3 is 19.9 Å². The van der Waals surface area contributed by atoms with Gasteiger partial charge in [0.1, 0.15) is 5.75 Å². The standard InChI is InChI=1S/C32H46N4O3/c1-4-5-6-7-8-18-31(37)35(19-12-15-28-14-9-10-17-30(28)39-3)23-20-34-21-24-36(25-22-34)32(38)33-29-16-11-13-27(2)26-29/h9-17,26H,4-8,18-25H2,1-3H3,(H,33,38)/b15-12+. The second kappa shape index (κ2) is 16.6. The van der Waals surface area contributed by atoms with Gasteiger partial charge in [-0.1, -0.05) is 75.1 Å². The number of unbranched alkanes of at least 4 members (excludes halogenated alkanes) is 4. The molecule has 1 aliphatic heterocycles. The smallest absolute Gasteiger partial charge is 0.321 e. The highest BCUT2D eigenvalue weighted by Gasteiger charge is 2.22. The van der Waals surface area contributed by atoms with Crippen LogP contribution in [0.3, 0.4) is 0 Å². The Bertz CT molecular complexity index is 1060. The van der Waals surface area contributed by atoms with Gasteiger partial charge in [-0.05, 0) is 37.1 Å². The minimum absolute atomic E-state index is 0.0541. The number of aryl methyl sites for hydroxylation is 1. The van der Waals surface area contributed by atoms with E-state index in [1.165, 1.54) is 19.3 Å². The topological polar surface area (TPSA) is 65.1 Å². The number of methoxy groups -OCH3 is 1. The number of nitrogens with one attached hydrogen (secondary N) is 1. The summed E-state index contributed by atoms with van der Waals surface area (Å²) in [6.07, 6.45) is 10.4. The van der Waals surface area contributed by atoms with Gasteiger partial charge in [0, 0.05) is 63.5 Å². The summed E-state index contributed by atoms with van der Waals surface area (Å²) in [5.41, 5.74) is 2.95. The molecule has 1 saturated heterocycles. The van der Waals surface area contributed by atoms with E-state index in [1.807, 2.05) is 71.3 Å². The number of benzene rings is 2. The number of urea groups is 1. The number of hydrogen-bond acceptors (Lipinski definition) is 4. The first kappa shape index (κ1) is 30.2. The molecule has 1 aliphatic rings. The number of nitrogens with zero attached hydrogens (tertiary/aromatic N) is 3. The molecular weight excluding hydrogens is 488 g/mol. The van der Waals surface area contributed by atoms with Crippen molar-refractivity contribution in [1.82, 2.24) is 14.7 Å². The number of amides is 3. The third-order valence-corrected chi connectivity index (χ3v) is 7.22. The molecule has 0 spiro atoms. The number of para-hydroxylation sites is 1. The van der Waals surface area contributed by atoms with E-state index in [-0.39, 0.29) is 11.9 Å². The fourth-order valence-electron chi connectivity index (χ4n) is 4.83. The fourth-order valence-corrected chi connectivity index (χ4v) is 4.83. The average molecular weight is 535 g/mol. The van der Waals surface area contributed by atoms with E-state index in [1.54, 1.807) is 7.11 Å². The van der Waals surface area contributed by atoms with Crippen molar-refractivity contribution in [2.24, 2.45) is 0 Å². The molecule has 1 N–H and O–H groups in total. The van der Waals surface area contributed by atoms with Crippen molar-refractivity contribution in [2.75, 3.05) is 58.2 Å². The third-order valence-electron chi connectivity index (χ3n) is 7.22. The van der Waals surface area contributed by atoms with Gasteiger partial charge in [0.25, 0.3) is 0 Å². The molecule has 7 heteroatoms. The summed E-state index contributed by atoms with van der Waals surface area (Å²) in [7, 11) is 1.67. The van der Waals surface area contributed by atoms with Crippen molar-refractivity contribution >= 4 is 23.7 Å². The number of anilines is 1. The highest BCUT2D eigenvalue weighted by atomic mass is 16.5. The van der Waals surface area contributed by atoms with Crippen LogP contribution in [0.25, 0.3) is 6.08 Å². The normalized spacial score (nSPS) is 14.0. The van der Waals surface area contributed by atoms with Crippen LogP contribution in [0.15, 0.2) is 54.6 Å². The van der Waals surface area contributed by atoms with Crippen LogP contribution in [-0.2, 0) is 4.79 Å². The van der Waals surface area contributed by atoms with E-state index >= 15 is 0 Å². The first-order chi connectivity index (χ1) is 19.0. The predicted octanol–water partition coefficient (Wildman–Crippen LogP) is 6.06. The summed E-state index contributed by atoms with van der Waals surface area (Å²) < 4.78 is 5.46. The van der Waals surface area contributed by atoms with Crippen molar-refractivity contribution in [3.63, 3.8) is 0 Å². The molecule has 0 unspecified atom stereocenters. The molecule has 0 aromatic heterocycles. The van der Waals surface area contributed by atoms with E-state index in [4.69, 9.17) is 4.74 Å². The molecule has 1 fully saturated rings. The minimum atomic E-state index is -0.0541. The van der Waals surface area contributed by atoms with Gasteiger partial charge in [0.05, 0.1) is 7.11 Å². The van der Waals surface area contributed by atoms with E-state index in [0.29, 0.717) is 32.6 Å². The van der Waals surface area contributed by atoms with E-state index in [2.05, 4.69) is 23.2 Å². The number of piperazine rings is 1. The Hall–Kier alpha value is -3.32. The maximum Gasteiger partial charge on any atom is 0.321 e. The lowest BCUT2D eigenvalue weighted by Gasteiger charge is -2.35. The SMILES string of the molecule is CCCCCCCC(=O)N(C/C=C/c1ccccc1OC)CCN1CCN(C(=O)Nc2cccc(C)c2)CC1. The molecule has 0 bridgehead atoms. The molecule has 1 heterocycles. The summed E-state index contributed by atoms with van der Waals surface area (Å²) in [5, 5.41) is 3.01. The molecule has 39 heavy (non-hydrogen) atoms. The lowest BCUT2D eigenvalue weighted by Crippen LogP contribution is -2.51. The highest BCUT2D eigenvalue weighted by molar-refractivity contribution is 5.89. The Balaban J connectivity index is 1.50. The van der Waals surface area contributed by atoms with Crippen molar-refractivity contribution in [1.29, 1.82) is 0 Å². The molecule has 3 amide bonds. The van der Waals surface area contributed by atoms with Crippen LogP contribution in [0.4, 0.5) is 10.5 Å². The fraction of sp³-hybridized carbons (Fsp3) is 0.500. The maximum absolute atomic E-state index is 13.1. The van der Waals surface area contributed by atoms with Crippen molar-refractivity contribution in [2.45, 2.75) is 52.4 Å². The predicted molar refractivity (Wildman–Crippen MR) is 160 cm³/mol. The van der Waals surface area contributed by atoms with Gasteiger partial charge in [0.15, 0.2) is 0 Å². The zero-order valence-electron chi connectivity index (χ0n) is 24.0. The zero-order valence-corrected chi connectivity index (χ0v) is 24.0. The van der Waals surface area contributed by atoms with Crippen LogP contribution in [0.1, 0.15) is 56.6 Å². The van der Waals surface area contributed by atoms with E-state index < -0.39 is 0 Å². The second-order valence-corrected chi connectivity index (χ2v) is 10.3. The Morgan fingerprint density at radius 1 is 1.00 bits per heavy atom. The van der Waals surface area contributed by atoms with Gasteiger partial charge in [-0.25, -0.2) is 4.79 Å². The van der Waals surface area contributed by atoms with Crippen LogP contribution >= 0.6 is 0 Å².